The Labute approximate surface area is 90.5 Å². The van der Waals surface area contributed by atoms with Gasteiger partial charge in [-0.05, 0) is 17.7 Å². The lowest BCUT2D eigenvalue weighted by Gasteiger charge is -2.01. The first kappa shape index (κ1) is 9.92. The van der Waals surface area contributed by atoms with Crippen molar-refractivity contribution < 1.29 is 4.39 Å². The van der Waals surface area contributed by atoms with Crippen LogP contribution in [-0.4, -0.2) is 15.0 Å². The van der Waals surface area contributed by atoms with Crippen LogP contribution in [-0.2, 0) is 6.54 Å². The zero-order chi connectivity index (χ0) is 10.8. The molecule has 1 heterocycles. The molecule has 0 unspecified atom stereocenters. The second-order valence-electron chi connectivity index (χ2n) is 3.09. The van der Waals surface area contributed by atoms with Crippen LogP contribution < -0.4 is 5.73 Å². The second-order valence-corrected chi connectivity index (χ2v) is 3.50. The summed E-state index contributed by atoms with van der Waals surface area (Å²) >= 11 is 5.64. The van der Waals surface area contributed by atoms with Crippen molar-refractivity contribution in [1.82, 2.24) is 15.0 Å². The Morgan fingerprint density at radius 1 is 1.47 bits per heavy atom. The van der Waals surface area contributed by atoms with E-state index in [9.17, 15) is 4.39 Å². The van der Waals surface area contributed by atoms with E-state index in [2.05, 4.69) is 10.3 Å². The summed E-state index contributed by atoms with van der Waals surface area (Å²) in [6.45, 7) is 0.462. The summed E-state index contributed by atoms with van der Waals surface area (Å²) < 4.78 is 14.4. The van der Waals surface area contributed by atoms with Crippen molar-refractivity contribution in [2.75, 3.05) is 5.73 Å². The molecule has 15 heavy (non-hydrogen) atoms. The summed E-state index contributed by atoms with van der Waals surface area (Å²) in [5, 5.41) is 7.50. The Kier molecular flexibility index (Phi) is 2.55. The van der Waals surface area contributed by atoms with Crippen molar-refractivity contribution in [2.45, 2.75) is 6.54 Å². The molecule has 0 saturated heterocycles. The minimum absolute atomic E-state index is 0.0978. The van der Waals surface area contributed by atoms with Gasteiger partial charge in [-0.15, -0.1) is 5.10 Å². The second kappa shape index (κ2) is 3.86. The average molecular weight is 227 g/mol. The Morgan fingerprint density at radius 2 is 2.27 bits per heavy atom. The lowest BCUT2D eigenvalue weighted by atomic mass is 10.2. The van der Waals surface area contributed by atoms with E-state index < -0.39 is 5.82 Å². The molecule has 1 aromatic carbocycles. The van der Waals surface area contributed by atoms with E-state index in [4.69, 9.17) is 17.3 Å². The number of hydrogen-bond acceptors (Lipinski definition) is 3. The fraction of sp³-hybridized carbons (Fsp3) is 0.111. The van der Waals surface area contributed by atoms with Crippen molar-refractivity contribution in [3.63, 3.8) is 0 Å². The number of hydrogen-bond donors (Lipinski definition) is 1. The normalized spacial score (nSPS) is 10.5. The average Bonchev–Trinajstić information content (AvgIpc) is 2.58. The topological polar surface area (TPSA) is 56.7 Å². The summed E-state index contributed by atoms with van der Waals surface area (Å²) in [7, 11) is 0. The molecule has 0 atom stereocenters. The number of nitrogens with two attached hydrogens (primary N) is 1. The number of nitrogens with zero attached hydrogens (tertiary/aromatic N) is 3. The van der Waals surface area contributed by atoms with Crippen LogP contribution in [0, 0.1) is 5.82 Å². The Balaban J connectivity index is 2.21. The SMILES string of the molecule is Nc1cn(Cc2ccc(F)c(Cl)c2)nn1. The lowest BCUT2D eigenvalue weighted by Crippen LogP contribution is -2.00. The minimum atomic E-state index is -0.432. The molecule has 0 spiro atoms. The monoisotopic (exact) mass is 226 g/mol. The minimum Gasteiger partial charge on any atom is -0.381 e. The maximum atomic E-state index is 12.9. The highest BCUT2D eigenvalue weighted by molar-refractivity contribution is 6.30. The van der Waals surface area contributed by atoms with E-state index in [1.165, 1.54) is 6.07 Å². The van der Waals surface area contributed by atoms with Gasteiger partial charge in [0.2, 0.25) is 0 Å². The van der Waals surface area contributed by atoms with E-state index >= 15 is 0 Å². The molecule has 0 aliphatic rings. The molecule has 0 amide bonds. The first-order valence-electron chi connectivity index (χ1n) is 4.24. The van der Waals surface area contributed by atoms with Gasteiger partial charge in [0, 0.05) is 0 Å². The van der Waals surface area contributed by atoms with Crippen LogP contribution in [0.1, 0.15) is 5.56 Å². The maximum absolute atomic E-state index is 12.9. The van der Waals surface area contributed by atoms with Gasteiger partial charge in [0.05, 0.1) is 17.8 Å². The van der Waals surface area contributed by atoms with E-state index in [1.54, 1.807) is 23.0 Å². The molecule has 0 aliphatic carbocycles. The number of benzene rings is 1. The molecular weight excluding hydrogens is 219 g/mol. The summed E-state index contributed by atoms with van der Waals surface area (Å²) in [6.07, 6.45) is 1.59. The Morgan fingerprint density at radius 3 is 2.87 bits per heavy atom. The molecule has 4 nitrogen and oxygen atoms in total. The van der Waals surface area contributed by atoms with Crippen molar-refractivity contribution >= 4 is 17.4 Å². The number of nitrogen functional groups attached to an aromatic ring is 1. The van der Waals surface area contributed by atoms with Gasteiger partial charge in [-0.25, -0.2) is 9.07 Å². The van der Waals surface area contributed by atoms with Crippen molar-refractivity contribution in [1.29, 1.82) is 0 Å². The van der Waals surface area contributed by atoms with Gasteiger partial charge in [0.1, 0.15) is 5.82 Å². The van der Waals surface area contributed by atoms with Gasteiger partial charge in [-0.3, -0.25) is 0 Å². The molecule has 0 bridgehead atoms. The third kappa shape index (κ3) is 2.24. The van der Waals surface area contributed by atoms with Crippen LogP contribution in [0.2, 0.25) is 5.02 Å². The van der Waals surface area contributed by atoms with E-state index in [0.29, 0.717) is 12.4 Å². The van der Waals surface area contributed by atoms with E-state index in [1.807, 2.05) is 0 Å². The first-order chi connectivity index (χ1) is 7.15. The molecule has 2 aromatic rings. The number of aromatic nitrogens is 3. The van der Waals surface area contributed by atoms with Crippen molar-refractivity contribution in [3.05, 3.63) is 40.8 Å². The van der Waals surface area contributed by atoms with E-state index in [-0.39, 0.29) is 5.02 Å². The standard InChI is InChI=1S/C9H8ClFN4/c10-7-3-6(1-2-8(7)11)4-15-5-9(12)13-14-15/h1-3,5H,4,12H2. The predicted molar refractivity (Wildman–Crippen MR) is 54.9 cm³/mol. The van der Waals surface area contributed by atoms with Crippen molar-refractivity contribution in [2.24, 2.45) is 0 Å². The molecular formula is C9H8ClFN4. The highest BCUT2D eigenvalue weighted by Crippen LogP contribution is 2.16. The highest BCUT2D eigenvalue weighted by Gasteiger charge is 2.02. The summed E-state index contributed by atoms with van der Waals surface area (Å²) in [5.74, 6) is -0.0817. The largest absolute Gasteiger partial charge is 0.381 e. The molecule has 1 aromatic heterocycles. The fourth-order valence-corrected chi connectivity index (χ4v) is 1.42. The third-order valence-electron chi connectivity index (χ3n) is 1.88. The van der Waals surface area contributed by atoms with Gasteiger partial charge in [-0.1, -0.05) is 22.9 Å². The maximum Gasteiger partial charge on any atom is 0.165 e. The summed E-state index contributed by atoms with van der Waals surface area (Å²) in [5.41, 5.74) is 6.24. The van der Waals surface area contributed by atoms with Crippen LogP contribution in [0.5, 0.6) is 0 Å². The molecule has 6 heteroatoms. The highest BCUT2D eigenvalue weighted by atomic mass is 35.5. The summed E-state index contributed by atoms with van der Waals surface area (Å²) in [4.78, 5) is 0. The molecule has 0 radical (unpaired) electrons. The molecule has 2 rings (SSSR count). The Bertz CT molecular complexity index is 483. The number of anilines is 1. The number of halogens is 2. The molecule has 0 aliphatic heterocycles. The fourth-order valence-electron chi connectivity index (χ4n) is 1.22. The van der Waals surface area contributed by atoms with Crippen LogP contribution in [0.25, 0.3) is 0 Å². The molecule has 0 fully saturated rings. The van der Waals surface area contributed by atoms with E-state index in [0.717, 1.165) is 5.56 Å². The predicted octanol–water partition coefficient (Wildman–Crippen LogP) is 1.70. The van der Waals surface area contributed by atoms with Gasteiger partial charge < -0.3 is 5.73 Å². The van der Waals surface area contributed by atoms with Crippen LogP contribution in [0.15, 0.2) is 24.4 Å². The van der Waals surface area contributed by atoms with Gasteiger partial charge in [0.15, 0.2) is 5.82 Å². The van der Waals surface area contributed by atoms with Gasteiger partial charge in [-0.2, -0.15) is 0 Å². The zero-order valence-corrected chi connectivity index (χ0v) is 8.45. The smallest absolute Gasteiger partial charge is 0.165 e. The molecule has 0 saturated carbocycles. The van der Waals surface area contributed by atoms with Crippen LogP contribution in [0.3, 0.4) is 0 Å². The van der Waals surface area contributed by atoms with Crippen LogP contribution in [0.4, 0.5) is 10.2 Å². The van der Waals surface area contributed by atoms with Crippen LogP contribution >= 0.6 is 11.6 Å². The van der Waals surface area contributed by atoms with Crippen molar-refractivity contribution in [3.8, 4) is 0 Å². The summed E-state index contributed by atoms with van der Waals surface area (Å²) in [6, 6.07) is 4.51. The number of rotatable bonds is 2. The molecule has 78 valence electrons. The van der Waals surface area contributed by atoms with Gasteiger partial charge >= 0.3 is 0 Å². The lowest BCUT2D eigenvalue weighted by molar-refractivity contribution is 0.622. The first-order valence-corrected chi connectivity index (χ1v) is 4.62. The quantitative estimate of drug-likeness (QED) is 0.848. The third-order valence-corrected chi connectivity index (χ3v) is 2.17. The molecule has 2 N–H and O–H groups in total. The zero-order valence-electron chi connectivity index (χ0n) is 7.69. The van der Waals surface area contributed by atoms with Gasteiger partial charge in [0.25, 0.3) is 0 Å². The Hall–Kier alpha value is -1.62.